The fraction of sp³-hybridized carbons (Fsp3) is 0.750. The SMILES string of the molecule is O=CC=C1C2CC3CC1CC(O)(C3)C2. The lowest BCUT2D eigenvalue weighted by Crippen LogP contribution is -2.51. The molecule has 0 aromatic carbocycles. The predicted octanol–water partition coefficient (Wildman–Crippen LogP) is 1.68. The van der Waals surface area contributed by atoms with Crippen molar-refractivity contribution >= 4 is 6.29 Å². The number of carbonyl (C=O) groups is 1. The summed E-state index contributed by atoms with van der Waals surface area (Å²) in [6.45, 7) is 0. The summed E-state index contributed by atoms with van der Waals surface area (Å²) in [7, 11) is 0. The lowest BCUT2D eigenvalue weighted by atomic mass is 9.52. The van der Waals surface area contributed by atoms with Crippen molar-refractivity contribution in [1.82, 2.24) is 0 Å². The van der Waals surface area contributed by atoms with Crippen molar-refractivity contribution < 1.29 is 9.90 Å². The topological polar surface area (TPSA) is 37.3 Å². The summed E-state index contributed by atoms with van der Waals surface area (Å²) in [6, 6.07) is 0. The molecule has 2 atom stereocenters. The monoisotopic (exact) mass is 192 g/mol. The smallest absolute Gasteiger partial charge is 0.142 e. The van der Waals surface area contributed by atoms with Gasteiger partial charge in [0.2, 0.25) is 0 Å². The third-order valence-electron chi connectivity index (χ3n) is 4.36. The Bertz CT molecular complexity index is 287. The molecule has 0 heterocycles. The number of carbonyl (C=O) groups excluding carboxylic acids is 1. The van der Waals surface area contributed by atoms with E-state index in [0.717, 1.165) is 31.5 Å². The second kappa shape index (κ2) is 2.69. The van der Waals surface area contributed by atoms with Gasteiger partial charge in [-0.3, -0.25) is 4.79 Å². The van der Waals surface area contributed by atoms with E-state index < -0.39 is 0 Å². The highest BCUT2D eigenvalue weighted by Crippen LogP contribution is 2.57. The maximum absolute atomic E-state index is 10.5. The van der Waals surface area contributed by atoms with Crippen LogP contribution >= 0.6 is 0 Å². The van der Waals surface area contributed by atoms with E-state index in [4.69, 9.17) is 0 Å². The third kappa shape index (κ3) is 1.10. The van der Waals surface area contributed by atoms with Crippen LogP contribution in [0.3, 0.4) is 0 Å². The van der Waals surface area contributed by atoms with E-state index in [1.54, 1.807) is 6.08 Å². The van der Waals surface area contributed by atoms with Crippen molar-refractivity contribution in [2.75, 3.05) is 0 Å². The zero-order valence-corrected chi connectivity index (χ0v) is 8.28. The molecular weight excluding hydrogens is 176 g/mol. The maximum Gasteiger partial charge on any atom is 0.142 e. The first kappa shape index (κ1) is 8.66. The van der Waals surface area contributed by atoms with Gasteiger partial charge in [-0.2, -0.15) is 0 Å². The summed E-state index contributed by atoms with van der Waals surface area (Å²) < 4.78 is 0. The van der Waals surface area contributed by atoms with Gasteiger partial charge in [-0.25, -0.2) is 0 Å². The van der Waals surface area contributed by atoms with Gasteiger partial charge in [0, 0.05) is 0 Å². The van der Waals surface area contributed by atoms with Crippen molar-refractivity contribution in [2.45, 2.75) is 37.7 Å². The molecule has 4 bridgehead atoms. The van der Waals surface area contributed by atoms with E-state index in [0.29, 0.717) is 11.8 Å². The molecule has 0 radical (unpaired) electrons. The highest BCUT2D eigenvalue weighted by atomic mass is 16.3. The molecule has 2 nitrogen and oxygen atoms in total. The Morgan fingerprint density at radius 1 is 1.21 bits per heavy atom. The first-order chi connectivity index (χ1) is 6.70. The largest absolute Gasteiger partial charge is 0.390 e. The van der Waals surface area contributed by atoms with E-state index in [-0.39, 0.29) is 5.60 Å². The minimum Gasteiger partial charge on any atom is -0.390 e. The van der Waals surface area contributed by atoms with Crippen LogP contribution in [0.15, 0.2) is 11.6 Å². The fourth-order valence-electron chi connectivity index (χ4n) is 4.13. The molecule has 4 rings (SSSR count). The fourth-order valence-corrected chi connectivity index (χ4v) is 4.13. The van der Waals surface area contributed by atoms with Gasteiger partial charge in [0.05, 0.1) is 5.60 Å². The molecule has 0 spiro atoms. The van der Waals surface area contributed by atoms with Gasteiger partial charge in [-0.1, -0.05) is 5.57 Å². The van der Waals surface area contributed by atoms with Gasteiger partial charge in [0.15, 0.2) is 0 Å². The molecule has 0 aliphatic heterocycles. The quantitative estimate of drug-likeness (QED) is 0.507. The minimum absolute atomic E-state index is 0.378. The summed E-state index contributed by atoms with van der Waals surface area (Å²) in [6.07, 6.45) is 7.91. The first-order valence-corrected chi connectivity index (χ1v) is 5.58. The Hall–Kier alpha value is -0.630. The lowest BCUT2D eigenvalue weighted by molar-refractivity contribution is -0.107. The van der Waals surface area contributed by atoms with E-state index in [1.807, 2.05) is 0 Å². The van der Waals surface area contributed by atoms with Crippen LogP contribution in [0.4, 0.5) is 0 Å². The second-order valence-electron chi connectivity index (χ2n) is 5.37. The molecule has 0 aromatic heterocycles. The highest BCUT2D eigenvalue weighted by molar-refractivity contribution is 5.66. The van der Waals surface area contributed by atoms with Crippen LogP contribution in [0.5, 0.6) is 0 Å². The Labute approximate surface area is 84.0 Å². The van der Waals surface area contributed by atoms with Crippen molar-refractivity contribution in [3.8, 4) is 0 Å². The molecule has 4 fully saturated rings. The molecule has 2 unspecified atom stereocenters. The number of hydrogen-bond acceptors (Lipinski definition) is 2. The molecule has 2 heteroatoms. The third-order valence-corrected chi connectivity index (χ3v) is 4.36. The molecule has 0 aromatic rings. The number of hydrogen-bond donors (Lipinski definition) is 1. The highest BCUT2D eigenvalue weighted by Gasteiger charge is 2.52. The van der Waals surface area contributed by atoms with Crippen LogP contribution in [0.25, 0.3) is 0 Å². The van der Waals surface area contributed by atoms with E-state index in [1.165, 1.54) is 18.4 Å². The average Bonchev–Trinajstić information content (AvgIpc) is 2.08. The van der Waals surface area contributed by atoms with E-state index in [2.05, 4.69) is 0 Å². The van der Waals surface area contributed by atoms with Gasteiger partial charge in [0.1, 0.15) is 6.29 Å². The van der Waals surface area contributed by atoms with Crippen LogP contribution in [-0.4, -0.2) is 17.0 Å². The predicted molar refractivity (Wildman–Crippen MR) is 52.7 cm³/mol. The molecule has 14 heavy (non-hydrogen) atoms. The van der Waals surface area contributed by atoms with Crippen molar-refractivity contribution in [1.29, 1.82) is 0 Å². The Kier molecular flexibility index (Phi) is 1.67. The Balaban J connectivity index is 1.96. The van der Waals surface area contributed by atoms with Crippen LogP contribution in [-0.2, 0) is 4.79 Å². The lowest BCUT2D eigenvalue weighted by Gasteiger charge is -2.55. The van der Waals surface area contributed by atoms with Crippen LogP contribution in [0.2, 0.25) is 0 Å². The summed E-state index contributed by atoms with van der Waals surface area (Å²) in [5.41, 5.74) is 0.956. The number of rotatable bonds is 1. The van der Waals surface area contributed by atoms with Gasteiger partial charge in [-0.15, -0.1) is 0 Å². The van der Waals surface area contributed by atoms with Crippen molar-refractivity contribution in [3.63, 3.8) is 0 Å². The summed E-state index contributed by atoms with van der Waals surface area (Å²) in [5, 5.41) is 10.3. The average molecular weight is 192 g/mol. The van der Waals surface area contributed by atoms with Gasteiger partial charge >= 0.3 is 0 Å². The van der Waals surface area contributed by atoms with E-state index in [9.17, 15) is 9.90 Å². The number of aliphatic hydroxyl groups is 1. The molecule has 4 aliphatic carbocycles. The molecule has 1 N–H and O–H groups in total. The summed E-state index contributed by atoms with van der Waals surface area (Å²) in [5.74, 6) is 1.74. The summed E-state index contributed by atoms with van der Waals surface area (Å²) >= 11 is 0. The molecule has 0 amide bonds. The van der Waals surface area contributed by atoms with Gasteiger partial charge in [-0.05, 0) is 55.9 Å². The van der Waals surface area contributed by atoms with Crippen LogP contribution in [0.1, 0.15) is 32.1 Å². The minimum atomic E-state index is -0.378. The van der Waals surface area contributed by atoms with Crippen LogP contribution in [0, 0.1) is 17.8 Å². The van der Waals surface area contributed by atoms with Gasteiger partial charge < -0.3 is 5.11 Å². The van der Waals surface area contributed by atoms with E-state index >= 15 is 0 Å². The van der Waals surface area contributed by atoms with Crippen molar-refractivity contribution in [2.24, 2.45) is 17.8 Å². The zero-order chi connectivity index (χ0) is 9.76. The normalized spacial score (nSPS) is 49.5. The zero-order valence-electron chi connectivity index (χ0n) is 8.28. The molecular formula is C12H16O2. The Morgan fingerprint density at radius 2 is 1.86 bits per heavy atom. The number of allylic oxidation sites excluding steroid dienone is 2. The molecule has 4 aliphatic rings. The first-order valence-electron chi connectivity index (χ1n) is 5.58. The van der Waals surface area contributed by atoms with Crippen LogP contribution < -0.4 is 0 Å². The number of aldehydes is 1. The Morgan fingerprint density at radius 3 is 2.36 bits per heavy atom. The maximum atomic E-state index is 10.5. The standard InChI is InChI=1S/C12H16O2/c13-2-1-11-9-3-8-4-10(11)7-12(14,5-8)6-9/h1-2,8-10,14H,3-7H2. The van der Waals surface area contributed by atoms with Gasteiger partial charge in [0.25, 0.3) is 0 Å². The van der Waals surface area contributed by atoms with Crippen molar-refractivity contribution in [3.05, 3.63) is 11.6 Å². The molecule has 4 saturated carbocycles. The molecule has 76 valence electrons. The summed E-state index contributed by atoms with van der Waals surface area (Å²) in [4.78, 5) is 10.5. The second-order valence-corrected chi connectivity index (χ2v) is 5.37. The molecule has 0 saturated heterocycles.